The lowest BCUT2D eigenvalue weighted by molar-refractivity contribution is -0.155. The first-order valence-corrected chi connectivity index (χ1v) is 8.73. The van der Waals surface area contributed by atoms with Crippen LogP contribution in [0.15, 0.2) is 24.3 Å². The molecule has 0 saturated carbocycles. The van der Waals surface area contributed by atoms with Gasteiger partial charge < -0.3 is 19.4 Å². The van der Waals surface area contributed by atoms with Crippen LogP contribution < -0.4 is 0 Å². The van der Waals surface area contributed by atoms with Gasteiger partial charge in [0, 0.05) is 39.3 Å². The summed E-state index contributed by atoms with van der Waals surface area (Å²) in [6.07, 6.45) is -0.00662. The number of carbonyl (C=O) groups is 3. The molecule has 140 valence electrons. The molecule has 0 aromatic heterocycles. The van der Waals surface area contributed by atoms with Gasteiger partial charge in [-0.1, -0.05) is 18.2 Å². The number of rotatable bonds is 2. The molecular weight excluding hydrogens is 341 g/mol. The number of morpholine rings is 1. The molecule has 2 aliphatic rings. The van der Waals surface area contributed by atoms with Gasteiger partial charge in [0.25, 0.3) is 0 Å². The summed E-state index contributed by atoms with van der Waals surface area (Å²) >= 11 is 0. The van der Waals surface area contributed by atoms with E-state index in [4.69, 9.17) is 4.74 Å². The topological polar surface area (TPSA) is 70.2 Å². The quantitative estimate of drug-likeness (QED) is 0.688. The first-order valence-electron chi connectivity index (χ1n) is 8.73. The largest absolute Gasteiger partial charge is 0.378 e. The molecule has 1 aromatic rings. The molecule has 2 heterocycles. The Hall–Kier alpha value is -2.48. The van der Waals surface area contributed by atoms with Gasteiger partial charge in [-0.25, -0.2) is 4.39 Å². The number of nitrogens with zero attached hydrogens (tertiary/aromatic N) is 3. The van der Waals surface area contributed by atoms with Gasteiger partial charge in [-0.15, -0.1) is 0 Å². The van der Waals surface area contributed by atoms with E-state index < -0.39 is 17.6 Å². The molecule has 3 rings (SSSR count). The molecule has 2 fully saturated rings. The summed E-state index contributed by atoms with van der Waals surface area (Å²) < 4.78 is 18.9. The molecule has 8 heteroatoms. The van der Waals surface area contributed by atoms with Crippen LogP contribution in [0.4, 0.5) is 4.39 Å². The predicted molar refractivity (Wildman–Crippen MR) is 90.7 cm³/mol. The Bertz CT molecular complexity index is 683. The lowest BCUT2D eigenvalue weighted by atomic mass is 10.1. The van der Waals surface area contributed by atoms with Gasteiger partial charge in [-0.2, -0.15) is 0 Å². The number of hydrogen-bond donors (Lipinski definition) is 0. The van der Waals surface area contributed by atoms with E-state index in [1.54, 1.807) is 23.1 Å². The second kappa shape index (κ2) is 8.27. The van der Waals surface area contributed by atoms with Crippen LogP contribution >= 0.6 is 0 Å². The van der Waals surface area contributed by atoms with Crippen molar-refractivity contribution < 1.29 is 23.5 Å². The van der Waals surface area contributed by atoms with E-state index in [1.807, 2.05) is 0 Å². The zero-order valence-electron chi connectivity index (χ0n) is 14.5. The normalized spacial score (nSPS) is 18.0. The number of halogens is 1. The highest BCUT2D eigenvalue weighted by Gasteiger charge is 2.31. The molecule has 0 spiro atoms. The maximum Gasteiger partial charge on any atom is 0.312 e. The molecule has 26 heavy (non-hydrogen) atoms. The van der Waals surface area contributed by atoms with Crippen molar-refractivity contribution in [3.63, 3.8) is 0 Å². The fourth-order valence-corrected chi connectivity index (χ4v) is 3.11. The summed E-state index contributed by atoms with van der Waals surface area (Å²) in [7, 11) is 0. The summed E-state index contributed by atoms with van der Waals surface area (Å²) in [5.74, 6) is -1.62. The SMILES string of the molecule is O=C(Cc1ccccc1F)N1CCN(C(=O)C(=O)N2CCOCC2)CC1. The van der Waals surface area contributed by atoms with Gasteiger partial charge in [-0.05, 0) is 11.6 Å². The van der Waals surface area contributed by atoms with Crippen molar-refractivity contribution in [2.24, 2.45) is 0 Å². The minimum atomic E-state index is -0.534. The molecule has 0 atom stereocenters. The van der Waals surface area contributed by atoms with Gasteiger partial charge >= 0.3 is 11.8 Å². The second-order valence-corrected chi connectivity index (χ2v) is 6.35. The maximum atomic E-state index is 13.7. The minimum absolute atomic E-state index is 0.00662. The average Bonchev–Trinajstić information content (AvgIpc) is 2.69. The molecule has 0 unspecified atom stereocenters. The second-order valence-electron chi connectivity index (χ2n) is 6.35. The lowest BCUT2D eigenvalue weighted by Crippen LogP contribution is -2.55. The Morgan fingerprint density at radius 3 is 2.00 bits per heavy atom. The van der Waals surface area contributed by atoms with Crippen LogP contribution in [0.3, 0.4) is 0 Å². The predicted octanol–water partition coefficient (Wildman–Crippen LogP) is -0.102. The molecule has 0 bridgehead atoms. The highest BCUT2D eigenvalue weighted by atomic mass is 19.1. The van der Waals surface area contributed by atoms with Gasteiger partial charge in [-0.3, -0.25) is 14.4 Å². The Kier molecular flexibility index (Phi) is 5.82. The van der Waals surface area contributed by atoms with Gasteiger partial charge in [0.1, 0.15) is 5.82 Å². The van der Waals surface area contributed by atoms with Crippen LogP contribution in [0.2, 0.25) is 0 Å². The van der Waals surface area contributed by atoms with Crippen LogP contribution in [0.1, 0.15) is 5.56 Å². The third kappa shape index (κ3) is 4.19. The summed E-state index contributed by atoms with van der Waals surface area (Å²) in [5.41, 5.74) is 0.360. The molecule has 1 aromatic carbocycles. The zero-order chi connectivity index (χ0) is 18.5. The van der Waals surface area contributed by atoms with E-state index in [0.29, 0.717) is 58.0 Å². The van der Waals surface area contributed by atoms with E-state index in [0.717, 1.165) is 0 Å². The fourth-order valence-electron chi connectivity index (χ4n) is 3.11. The van der Waals surface area contributed by atoms with Crippen LogP contribution in [0.25, 0.3) is 0 Å². The molecule has 0 radical (unpaired) electrons. The van der Waals surface area contributed by atoms with E-state index in [2.05, 4.69) is 0 Å². The smallest absolute Gasteiger partial charge is 0.312 e. The van der Waals surface area contributed by atoms with Crippen molar-refractivity contribution in [2.45, 2.75) is 6.42 Å². The van der Waals surface area contributed by atoms with E-state index in [1.165, 1.54) is 15.9 Å². The zero-order valence-corrected chi connectivity index (χ0v) is 14.5. The summed E-state index contributed by atoms with van der Waals surface area (Å²) in [6.45, 7) is 3.02. The van der Waals surface area contributed by atoms with E-state index >= 15 is 0 Å². The van der Waals surface area contributed by atoms with E-state index in [-0.39, 0.29) is 12.3 Å². The van der Waals surface area contributed by atoms with Crippen LogP contribution in [-0.2, 0) is 25.5 Å². The number of benzene rings is 1. The third-order valence-electron chi connectivity index (χ3n) is 4.70. The monoisotopic (exact) mass is 363 g/mol. The van der Waals surface area contributed by atoms with Gasteiger partial charge in [0.15, 0.2) is 0 Å². The number of ether oxygens (including phenoxy) is 1. The van der Waals surface area contributed by atoms with Crippen LogP contribution in [0, 0.1) is 5.82 Å². The van der Waals surface area contributed by atoms with Crippen molar-refractivity contribution >= 4 is 17.7 Å². The number of hydrogen-bond acceptors (Lipinski definition) is 4. The Balaban J connectivity index is 1.50. The number of amides is 3. The van der Waals surface area contributed by atoms with Gasteiger partial charge in [0.2, 0.25) is 5.91 Å². The van der Waals surface area contributed by atoms with Crippen molar-refractivity contribution in [3.05, 3.63) is 35.6 Å². The lowest BCUT2D eigenvalue weighted by Gasteiger charge is -2.36. The third-order valence-corrected chi connectivity index (χ3v) is 4.70. The Morgan fingerprint density at radius 1 is 0.846 bits per heavy atom. The number of piperazine rings is 1. The first kappa shape index (κ1) is 18.3. The molecule has 0 N–H and O–H groups in total. The Morgan fingerprint density at radius 2 is 1.38 bits per heavy atom. The molecule has 2 aliphatic heterocycles. The summed E-state index contributed by atoms with van der Waals surface area (Å²) in [6, 6.07) is 6.20. The van der Waals surface area contributed by atoms with Crippen molar-refractivity contribution in [3.8, 4) is 0 Å². The fraction of sp³-hybridized carbons (Fsp3) is 0.500. The molecule has 0 aliphatic carbocycles. The molecular formula is C18H22FN3O4. The van der Waals surface area contributed by atoms with E-state index in [9.17, 15) is 18.8 Å². The summed E-state index contributed by atoms with van der Waals surface area (Å²) in [4.78, 5) is 41.5. The van der Waals surface area contributed by atoms with Crippen molar-refractivity contribution in [1.29, 1.82) is 0 Å². The Labute approximate surface area is 151 Å². The molecule has 3 amide bonds. The van der Waals surface area contributed by atoms with Crippen LogP contribution in [0.5, 0.6) is 0 Å². The van der Waals surface area contributed by atoms with Crippen LogP contribution in [-0.4, -0.2) is 84.9 Å². The first-order chi connectivity index (χ1) is 12.6. The van der Waals surface area contributed by atoms with Crippen molar-refractivity contribution in [1.82, 2.24) is 14.7 Å². The van der Waals surface area contributed by atoms with Crippen molar-refractivity contribution in [2.75, 3.05) is 52.5 Å². The van der Waals surface area contributed by atoms with Gasteiger partial charge in [0.05, 0.1) is 19.6 Å². The minimum Gasteiger partial charge on any atom is -0.378 e. The molecule has 2 saturated heterocycles. The number of carbonyl (C=O) groups excluding carboxylic acids is 3. The molecule has 7 nitrogen and oxygen atoms in total. The highest BCUT2D eigenvalue weighted by molar-refractivity contribution is 6.34. The summed E-state index contributed by atoms with van der Waals surface area (Å²) in [5, 5.41) is 0. The standard InChI is InChI=1S/C18H22FN3O4/c19-15-4-2-1-3-14(15)13-16(23)20-5-7-21(8-6-20)17(24)18(25)22-9-11-26-12-10-22/h1-4H,5-13H2. The maximum absolute atomic E-state index is 13.7. The highest BCUT2D eigenvalue weighted by Crippen LogP contribution is 2.11. The average molecular weight is 363 g/mol.